The number of ether oxygens (including phenoxy) is 2. The quantitative estimate of drug-likeness (QED) is 0.255. The van der Waals surface area contributed by atoms with E-state index in [1.165, 1.54) is 12.1 Å². The lowest BCUT2D eigenvalue weighted by molar-refractivity contribution is -0.231. The van der Waals surface area contributed by atoms with Crippen LogP contribution in [0.25, 0.3) is 22.6 Å². The summed E-state index contributed by atoms with van der Waals surface area (Å²) < 4.78 is 25.5. The van der Waals surface area contributed by atoms with Crippen LogP contribution in [0.15, 0.2) is 36.5 Å². The standard InChI is InChI=1S/C27H36FN7O4/c1-27(25(37)29-12-5-15-36)16-38-24(39-17-27)23-33-21(18-6-8-19(28)9-7-18)22(34-23)20-10-13-31-26(32-20)30-11-4-14-35(2)3/h6-10,13,24,36H,4-5,11-12,14-17H2,1-3H3,(H,29,37)(H,33,34)(H,30,31,32). The molecule has 1 aliphatic heterocycles. The number of halogens is 1. The van der Waals surface area contributed by atoms with Crippen LogP contribution in [0.2, 0.25) is 0 Å². The Kier molecular flexibility index (Phi) is 9.57. The molecule has 210 valence electrons. The highest BCUT2D eigenvalue weighted by molar-refractivity contribution is 5.82. The summed E-state index contributed by atoms with van der Waals surface area (Å²) in [5, 5.41) is 15.0. The molecule has 1 aromatic carbocycles. The van der Waals surface area contributed by atoms with Crippen molar-refractivity contribution in [3.63, 3.8) is 0 Å². The summed E-state index contributed by atoms with van der Waals surface area (Å²) in [7, 11) is 4.05. The lowest BCUT2D eigenvalue weighted by Gasteiger charge is -2.35. The molecule has 0 radical (unpaired) electrons. The first kappa shape index (κ1) is 28.6. The minimum absolute atomic E-state index is 0.00360. The summed E-state index contributed by atoms with van der Waals surface area (Å²) >= 11 is 0. The summed E-state index contributed by atoms with van der Waals surface area (Å²) in [6.45, 7) is 4.06. The van der Waals surface area contributed by atoms with Crippen LogP contribution >= 0.6 is 0 Å². The van der Waals surface area contributed by atoms with Gasteiger partial charge in [0.1, 0.15) is 5.82 Å². The van der Waals surface area contributed by atoms with Gasteiger partial charge in [0.25, 0.3) is 0 Å². The fourth-order valence-corrected chi connectivity index (χ4v) is 4.08. The van der Waals surface area contributed by atoms with E-state index in [9.17, 15) is 9.18 Å². The predicted octanol–water partition coefficient (Wildman–Crippen LogP) is 2.59. The summed E-state index contributed by atoms with van der Waals surface area (Å²) in [5.41, 5.74) is 1.59. The second kappa shape index (κ2) is 13.1. The molecule has 0 aliphatic carbocycles. The van der Waals surface area contributed by atoms with E-state index in [0.29, 0.717) is 47.4 Å². The van der Waals surface area contributed by atoms with Crippen LogP contribution in [0.5, 0.6) is 0 Å². The Hall–Kier alpha value is -3.45. The molecule has 0 spiro atoms. The number of anilines is 1. The Labute approximate surface area is 227 Å². The van der Waals surface area contributed by atoms with Gasteiger partial charge in [-0.25, -0.2) is 19.3 Å². The fourth-order valence-electron chi connectivity index (χ4n) is 4.08. The first-order valence-electron chi connectivity index (χ1n) is 13.0. The number of aromatic amines is 1. The van der Waals surface area contributed by atoms with Crippen LogP contribution in [-0.2, 0) is 14.3 Å². The number of hydrogen-bond donors (Lipinski definition) is 4. The van der Waals surface area contributed by atoms with E-state index < -0.39 is 11.7 Å². The molecule has 0 unspecified atom stereocenters. The maximum atomic E-state index is 13.7. The van der Waals surface area contributed by atoms with Gasteiger partial charge in [-0.15, -0.1) is 0 Å². The molecule has 0 bridgehead atoms. The lowest BCUT2D eigenvalue weighted by Crippen LogP contribution is -2.48. The molecule has 4 rings (SSSR count). The summed E-state index contributed by atoms with van der Waals surface area (Å²) in [6.07, 6.45) is 2.25. The lowest BCUT2D eigenvalue weighted by atomic mass is 9.91. The third-order valence-corrected chi connectivity index (χ3v) is 6.32. The highest BCUT2D eigenvalue weighted by Gasteiger charge is 2.40. The maximum absolute atomic E-state index is 13.7. The van der Waals surface area contributed by atoms with Crippen LogP contribution < -0.4 is 10.6 Å². The molecule has 0 saturated carbocycles. The van der Waals surface area contributed by atoms with Gasteiger partial charge in [-0.05, 0) is 70.7 Å². The number of aliphatic hydroxyl groups is 1. The molecule has 1 saturated heterocycles. The fraction of sp³-hybridized carbons (Fsp3) is 0.481. The van der Waals surface area contributed by atoms with E-state index in [2.05, 4.69) is 30.5 Å². The number of H-pyrrole nitrogens is 1. The van der Waals surface area contributed by atoms with Crippen molar-refractivity contribution >= 4 is 11.9 Å². The summed E-state index contributed by atoms with van der Waals surface area (Å²) in [6, 6.07) is 7.82. The molecule has 1 amide bonds. The van der Waals surface area contributed by atoms with E-state index in [0.717, 1.165) is 19.5 Å². The number of imidazole rings is 1. The molecule has 39 heavy (non-hydrogen) atoms. The number of carbonyl (C=O) groups excluding carboxylic acids is 1. The third-order valence-electron chi connectivity index (χ3n) is 6.32. The number of nitrogens with one attached hydrogen (secondary N) is 3. The first-order chi connectivity index (χ1) is 18.8. The zero-order chi connectivity index (χ0) is 27.8. The van der Waals surface area contributed by atoms with Crippen LogP contribution in [0, 0.1) is 11.2 Å². The molecule has 0 atom stereocenters. The number of benzene rings is 1. The Morgan fingerprint density at radius 3 is 2.59 bits per heavy atom. The molecule has 2 aromatic heterocycles. The molecule has 4 N–H and O–H groups in total. The van der Waals surface area contributed by atoms with Gasteiger partial charge in [0.05, 0.1) is 35.7 Å². The highest BCUT2D eigenvalue weighted by atomic mass is 19.1. The van der Waals surface area contributed by atoms with Crippen molar-refractivity contribution in [2.75, 3.05) is 58.9 Å². The Morgan fingerprint density at radius 2 is 1.90 bits per heavy atom. The van der Waals surface area contributed by atoms with Crippen LogP contribution in [-0.4, -0.2) is 89.4 Å². The molecule has 11 nitrogen and oxygen atoms in total. The largest absolute Gasteiger partial charge is 0.396 e. The number of hydrogen-bond acceptors (Lipinski definition) is 9. The van der Waals surface area contributed by atoms with E-state index in [4.69, 9.17) is 19.6 Å². The number of amides is 1. The van der Waals surface area contributed by atoms with Crippen LogP contribution in [0.1, 0.15) is 31.9 Å². The molecular weight excluding hydrogens is 505 g/mol. The number of nitrogens with zero attached hydrogens (tertiary/aromatic N) is 4. The normalized spacial score (nSPS) is 19.3. The number of carbonyl (C=O) groups is 1. The van der Waals surface area contributed by atoms with Crippen molar-refractivity contribution in [1.82, 2.24) is 30.2 Å². The maximum Gasteiger partial charge on any atom is 0.230 e. The smallest absolute Gasteiger partial charge is 0.230 e. The van der Waals surface area contributed by atoms with E-state index >= 15 is 0 Å². The van der Waals surface area contributed by atoms with Gasteiger partial charge in [-0.1, -0.05) is 0 Å². The van der Waals surface area contributed by atoms with Crippen molar-refractivity contribution in [2.24, 2.45) is 5.41 Å². The van der Waals surface area contributed by atoms with E-state index in [1.807, 2.05) is 14.1 Å². The minimum atomic E-state index is -0.874. The van der Waals surface area contributed by atoms with Gasteiger partial charge in [-0.2, -0.15) is 0 Å². The van der Waals surface area contributed by atoms with Crippen molar-refractivity contribution in [3.8, 4) is 22.6 Å². The Balaban J connectivity index is 1.55. The van der Waals surface area contributed by atoms with Gasteiger partial charge in [0, 0.05) is 31.5 Å². The SMILES string of the molecule is CN(C)CCCNc1nccc(-c2[nH]c(C3OCC(C)(C(=O)NCCCO)CO3)nc2-c2ccc(F)cc2)n1. The molecule has 12 heteroatoms. The van der Waals surface area contributed by atoms with Crippen molar-refractivity contribution in [3.05, 3.63) is 48.2 Å². The predicted molar refractivity (Wildman–Crippen MR) is 144 cm³/mol. The topological polar surface area (TPSA) is 138 Å². The molecule has 1 aliphatic rings. The summed E-state index contributed by atoms with van der Waals surface area (Å²) in [5.74, 6) is 0.345. The Bertz CT molecular complexity index is 1230. The molecular formula is C27H36FN7O4. The van der Waals surface area contributed by atoms with Crippen molar-refractivity contribution < 1.29 is 23.8 Å². The monoisotopic (exact) mass is 541 g/mol. The zero-order valence-electron chi connectivity index (χ0n) is 22.5. The van der Waals surface area contributed by atoms with Crippen molar-refractivity contribution in [2.45, 2.75) is 26.1 Å². The Morgan fingerprint density at radius 1 is 1.15 bits per heavy atom. The number of rotatable bonds is 12. The summed E-state index contributed by atoms with van der Waals surface area (Å²) in [4.78, 5) is 31.8. The third kappa shape index (κ3) is 7.35. The van der Waals surface area contributed by atoms with E-state index in [1.54, 1.807) is 31.3 Å². The van der Waals surface area contributed by atoms with Gasteiger partial charge >= 0.3 is 0 Å². The van der Waals surface area contributed by atoms with Gasteiger partial charge in [0.15, 0.2) is 5.82 Å². The average Bonchev–Trinajstić information content (AvgIpc) is 3.37. The highest BCUT2D eigenvalue weighted by Crippen LogP contribution is 2.35. The minimum Gasteiger partial charge on any atom is -0.396 e. The van der Waals surface area contributed by atoms with Gasteiger partial charge in [-0.3, -0.25) is 4.79 Å². The van der Waals surface area contributed by atoms with E-state index in [-0.39, 0.29) is 31.5 Å². The zero-order valence-corrected chi connectivity index (χ0v) is 22.5. The number of aliphatic hydroxyl groups excluding tert-OH is 1. The van der Waals surface area contributed by atoms with Crippen molar-refractivity contribution in [1.29, 1.82) is 0 Å². The van der Waals surface area contributed by atoms with Crippen LogP contribution in [0.4, 0.5) is 10.3 Å². The molecule has 3 aromatic rings. The molecule has 1 fully saturated rings. The van der Waals surface area contributed by atoms with Gasteiger partial charge < -0.3 is 35.1 Å². The van der Waals surface area contributed by atoms with Gasteiger partial charge in [0.2, 0.25) is 18.1 Å². The number of aromatic nitrogens is 4. The average molecular weight is 542 g/mol. The first-order valence-corrected chi connectivity index (χ1v) is 13.0. The molecule has 3 heterocycles. The second-order valence-corrected chi connectivity index (χ2v) is 10.0. The van der Waals surface area contributed by atoms with Crippen LogP contribution in [0.3, 0.4) is 0 Å². The second-order valence-electron chi connectivity index (χ2n) is 10.0.